The Morgan fingerprint density at radius 3 is 1.79 bits per heavy atom. The molecule has 9 aromatic carbocycles. The molecule has 0 bridgehead atoms. The summed E-state index contributed by atoms with van der Waals surface area (Å²) in [5.74, 6) is 0. The Bertz CT molecular complexity index is 3710. The summed E-state index contributed by atoms with van der Waals surface area (Å²) in [6.45, 7) is 0. The van der Waals surface area contributed by atoms with Crippen molar-refractivity contribution in [2.45, 2.75) is 5.41 Å². The molecule has 0 saturated heterocycles. The summed E-state index contributed by atoms with van der Waals surface area (Å²) < 4.78 is 0. The van der Waals surface area contributed by atoms with E-state index in [9.17, 15) is 0 Å². The molecule has 2 nitrogen and oxygen atoms in total. The van der Waals surface area contributed by atoms with Gasteiger partial charge in [-0.15, -0.1) is 0 Å². The van der Waals surface area contributed by atoms with Gasteiger partial charge in [-0.1, -0.05) is 170 Å². The fraction of sp³-hybridized carbons (Fsp3) is 0.0169. The molecular weight excluding hydrogens is 737 g/mol. The summed E-state index contributed by atoms with van der Waals surface area (Å²) >= 11 is 0. The van der Waals surface area contributed by atoms with Gasteiger partial charge in [0.05, 0.1) is 22.1 Å². The van der Waals surface area contributed by atoms with E-state index >= 15 is 0 Å². The van der Waals surface area contributed by atoms with Crippen molar-refractivity contribution in [3.63, 3.8) is 0 Å². The molecule has 0 aliphatic heterocycles. The molecule has 0 radical (unpaired) electrons. The number of hydrogen-bond acceptors (Lipinski definition) is 2. The largest absolute Gasteiger partial charge is 0.254 e. The minimum absolute atomic E-state index is 0.567. The molecule has 0 N–H and O–H groups in total. The Hall–Kier alpha value is -7.94. The maximum absolute atomic E-state index is 5.66. The number of pyridine rings is 2. The van der Waals surface area contributed by atoms with E-state index in [4.69, 9.17) is 9.97 Å². The maximum Gasteiger partial charge on any atom is 0.0972 e. The smallest absolute Gasteiger partial charge is 0.0972 e. The molecule has 0 saturated carbocycles. The highest BCUT2D eigenvalue weighted by Crippen LogP contribution is 2.67. The minimum Gasteiger partial charge on any atom is -0.254 e. The van der Waals surface area contributed by atoms with Crippen molar-refractivity contribution < 1.29 is 0 Å². The number of aromatic nitrogens is 2. The number of rotatable bonds is 3. The molecule has 61 heavy (non-hydrogen) atoms. The first-order valence-corrected chi connectivity index (χ1v) is 21.1. The molecule has 1 spiro atoms. The highest BCUT2D eigenvalue weighted by molar-refractivity contribution is 6.21. The van der Waals surface area contributed by atoms with Crippen LogP contribution in [0.15, 0.2) is 206 Å². The molecule has 1 unspecified atom stereocenters. The van der Waals surface area contributed by atoms with E-state index in [0.29, 0.717) is 0 Å². The summed E-state index contributed by atoms with van der Waals surface area (Å²) in [5, 5.41) is 4.75. The van der Waals surface area contributed by atoms with Gasteiger partial charge in [-0.3, -0.25) is 4.98 Å². The van der Waals surface area contributed by atoms with Crippen LogP contribution in [0.5, 0.6) is 0 Å². The molecule has 14 rings (SSSR count). The standard InChI is InChI=1S/C59H34N2/c1-2-12-35(13-3-1)39-16-8-17-40(32-39)41-27-29-43-42-19-4-6-23-48(42)59(50(43)33-41)49-24-7-5-20-45(49)55-51(59)34-47-44-21-9-14-36-15-10-22-46(53(36)44)54(47)56(55)52-30-28-38-26-25-37-18-11-31-60-57(37)58(38)61-52/h1-34H. The normalized spacial score (nSPS) is 15.0. The van der Waals surface area contributed by atoms with Crippen LogP contribution in [0.3, 0.4) is 0 Å². The third-order valence-electron chi connectivity index (χ3n) is 13.8. The van der Waals surface area contributed by atoms with E-state index in [0.717, 1.165) is 27.5 Å². The van der Waals surface area contributed by atoms with Crippen molar-refractivity contribution in [2.75, 3.05) is 0 Å². The van der Waals surface area contributed by atoms with E-state index in [2.05, 4.69) is 194 Å². The molecule has 2 aromatic heterocycles. The Balaban J connectivity index is 1.12. The third kappa shape index (κ3) is 4.31. The molecule has 11 aromatic rings. The lowest BCUT2D eigenvalue weighted by molar-refractivity contribution is 0.794. The predicted molar refractivity (Wildman–Crippen MR) is 252 cm³/mol. The summed E-state index contributed by atoms with van der Waals surface area (Å²) in [7, 11) is 0. The molecule has 0 fully saturated rings. The Kier molecular flexibility index (Phi) is 6.52. The first-order valence-electron chi connectivity index (χ1n) is 21.1. The van der Waals surface area contributed by atoms with E-state index in [1.807, 2.05) is 12.3 Å². The van der Waals surface area contributed by atoms with Gasteiger partial charge in [0.25, 0.3) is 0 Å². The van der Waals surface area contributed by atoms with Crippen molar-refractivity contribution >= 4 is 32.6 Å². The molecule has 2 heterocycles. The van der Waals surface area contributed by atoms with Crippen molar-refractivity contribution in [1.82, 2.24) is 9.97 Å². The second kappa shape index (κ2) is 12.1. The van der Waals surface area contributed by atoms with Crippen LogP contribution < -0.4 is 0 Å². The number of fused-ring (bicyclic) bond motifs is 16. The van der Waals surface area contributed by atoms with Crippen LogP contribution in [0.2, 0.25) is 0 Å². The summed E-state index contributed by atoms with van der Waals surface area (Å²) in [6, 6.07) is 74.3. The average Bonchev–Trinajstić information content (AvgIpc) is 3.93. The van der Waals surface area contributed by atoms with Crippen molar-refractivity contribution in [3.8, 4) is 78.0 Å². The zero-order chi connectivity index (χ0) is 39.8. The molecule has 0 amide bonds. The molecule has 280 valence electrons. The van der Waals surface area contributed by atoms with Crippen LogP contribution in [0.25, 0.3) is 111 Å². The van der Waals surface area contributed by atoms with Gasteiger partial charge in [-0.05, 0) is 125 Å². The first kappa shape index (κ1) is 33.0. The summed E-state index contributed by atoms with van der Waals surface area (Å²) in [4.78, 5) is 10.5. The zero-order valence-electron chi connectivity index (χ0n) is 33.0. The minimum atomic E-state index is -0.567. The summed E-state index contributed by atoms with van der Waals surface area (Å²) in [6.07, 6.45) is 1.88. The van der Waals surface area contributed by atoms with Crippen LogP contribution in [0.1, 0.15) is 22.3 Å². The van der Waals surface area contributed by atoms with E-state index < -0.39 is 5.41 Å². The van der Waals surface area contributed by atoms with E-state index in [1.54, 1.807) is 0 Å². The lowest BCUT2D eigenvalue weighted by atomic mass is 9.69. The second-order valence-corrected chi connectivity index (χ2v) is 16.8. The number of benzene rings is 9. The average molecular weight is 771 g/mol. The van der Waals surface area contributed by atoms with E-state index in [1.165, 1.54) is 105 Å². The van der Waals surface area contributed by atoms with Crippen molar-refractivity contribution in [2.24, 2.45) is 0 Å². The number of hydrogen-bond donors (Lipinski definition) is 0. The lowest BCUT2D eigenvalue weighted by Crippen LogP contribution is -2.26. The topological polar surface area (TPSA) is 25.8 Å². The van der Waals surface area contributed by atoms with E-state index in [-0.39, 0.29) is 0 Å². The summed E-state index contributed by atoms with van der Waals surface area (Å²) in [5.41, 5.74) is 23.7. The lowest BCUT2D eigenvalue weighted by Gasteiger charge is -2.31. The highest BCUT2D eigenvalue weighted by atomic mass is 14.8. The SMILES string of the molecule is c1ccc(-c2cccc(-c3ccc4c(c3)C3(c5ccccc5-4)c4ccccc4-c4c3cc3c(c4-c4ccc5ccc6cccnc6c5n4)-c4cccc5cccc-3c45)c2)cc1. The number of nitrogens with zero attached hydrogens (tertiary/aromatic N) is 2. The second-order valence-electron chi connectivity index (χ2n) is 16.8. The molecule has 2 heteroatoms. The van der Waals surface area contributed by atoms with Crippen LogP contribution in [-0.4, -0.2) is 9.97 Å². The van der Waals surface area contributed by atoms with Gasteiger partial charge in [0.15, 0.2) is 0 Å². The van der Waals surface area contributed by atoms with Gasteiger partial charge in [-0.2, -0.15) is 0 Å². The molecule has 3 aliphatic rings. The molecule has 3 aliphatic carbocycles. The van der Waals surface area contributed by atoms with Gasteiger partial charge in [0, 0.05) is 28.1 Å². The molecule has 1 atom stereocenters. The van der Waals surface area contributed by atoms with Gasteiger partial charge in [0.1, 0.15) is 0 Å². The predicted octanol–water partition coefficient (Wildman–Crippen LogP) is 14.9. The quantitative estimate of drug-likeness (QED) is 0.167. The van der Waals surface area contributed by atoms with Crippen molar-refractivity contribution in [3.05, 3.63) is 229 Å². The Morgan fingerprint density at radius 1 is 0.311 bits per heavy atom. The highest BCUT2D eigenvalue weighted by Gasteiger charge is 2.53. The molecular formula is C59H34N2. The van der Waals surface area contributed by atoms with Gasteiger partial charge >= 0.3 is 0 Å². The third-order valence-corrected chi connectivity index (χ3v) is 13.8. The monoisotopic (exact) mass is 770 g/mol. The van der Waals surface area contributed by atoms with Crippen LogP contribution in [-0.2, 0) is 5.41 Å². The van der Waals surface area contributed by atoms with Gasteiger partial charge < -0.3 is 0 Å². The van der Waals surface area contributed by atoms with Crippen LogP contribution in [0, 0.1) is 0 Å². The Morgan fingerprint density at radius 2 is 0.934 bits per heavy atom. The fourth-order valence-electron chi connectivity index (χ4n) is 11.4. The van der Waals surface area contributed by atoms with Crippen molar-refractivity contribution in [1.29, 1.82) is 0 Å². The van der Waals surface area contributed by atoms with Crippen LogP contribution >= 0.6 is 0 Å². The first-order chi connectivity index (χ1) is 30.3. The maximum atomic E-state index is 5.66. The Labute approximate surface area is 353 Å². The fourth-order valence-corrected chi connectivity index (χ4v) is 11.4. The van der Waals surface area contributed by atoms with Gasteiger partial charge in [0.2, 0.25) is 0 Å². The van der Waals surface area contributed by atoms with Gasteiger partial charge in [-0.25, -0.2) is 4.98 Å². The zero-order valence-corrected chi connectivity index (χ0v) is 33.0. The van der Waals surface area contributed by atoms with Crippen LogP contribution in [0.4, 0.5) is 0 Å².